The summed E-state index contributed by atoms with van der Waals surface area (Å²) in [4.78, 5) is 7.33. The molecule has 12 aromatic rings. The van der Waals surface area contributed by atoms with E-state index in [4.69, 9.17) is 9.40 Å². The Hall–Kier alpha value is -8.27. The minimum Gasteiger partial charge on any atom is -0.435 e. The zero-order chi connectivity index (χ0) is 41.0. The molecule has 3 nitrogen and oxygen atoms in total. The fourth-order valence-electron chi connectivity index (χ4n) is 9.12. The minimum atomic E-state index is 0.625. The molecule has 3 heteroatoms. The molecule has 0 saturated carbocycles. The first-order valence-electron chi connectivity index (χ1n) is 21.1. The Morgan fingerprint density at radius 2 is 0.839 bits per heavy atom. The van der Waals surface area contributed by atoms with Gasteiger partial charge in [-0.05, 0) is 132 Å². The van der Waals surface area contributed by atoms with Crippen molar-refractivity contribution in [3.63, 3.8) is 0 Å². The van der Waals surface area contributed by atoms with Gasteiger partial charge in [-0.2, -0.15) is 0 Å². The maximum Gasteiger partial charge on any atom is 0.227 e. The summed E-state index contributed by atoms with van der Waals surface area (Å²) in [5.41, 5.74) is 12.9. The molecule has 0 spiro atoms. The largest absolute Gasteiger partial charge is 0.435 e. The summed E-state index contributed by atoms with van der Waals surface area (Å²) in [7, 11) is 0. The van der Waals surface area contributed by atoms with Crippen molar-refractivity contribution in [1.82, 2.24) is 4.98 Å². The second-order valence-electron chi connectivity index (χ2n) is 16.0. The van der Waals surface area contributed by atoms with Gasteiger partial charge in [-0.15, -0.1) is 0 Å². The highest BCUT2D eigenvalue weighted by Gasteiger charge is 2.17. The van der Waals surface area contributed by atoms with Crippen LogP contribution in [0, 0.1) is 0 Å². The fraction of sp³-hybridized carbons (Fsp3) is 0. The van der Waals surface area contributed by atoms with Crippen molar-refractivity contribution in [1.29, 1.82) is 0 Å². The zero-order valence-electron chi connectivity index (χ0n) is 33.7. The minimum absolute atomic E-state index is 0.625. The van der Waals surface area contributed by atoms with E-state index in [1.807, 2.05) is 0 Å². The van der Waals surface area contributed by atoms with Crippen LogP contribution in [0.2, 0.25) is 0 Å². The quantitative estimate of drug-likeness (QED) is 0.161. The third-order valence-electron chi connectivity index (χ3n) is 12.3. The van der Waals surface area contributed by atoms with Crippen molar-refractivity contribution in [3.8, 4) is 44.8 Å². The number of oxazole rings is 1. The lowest BCUT2D eigenvalue weighted by Crippen LogP contribution is -2.10. The summed E-state index contributed by atoms with van der Waals surface area (Å²) in [6.45, 7) is 0. The van der Waals surface area contributed by atoms with Gasteiger partial charge >= 0.3 is 0 Å². The second kappa shape index (κ2) is 14.8. The topological polar surface area (TPSA) is 29.3 Å². The van der Waals surface area contributed by atoms with Crippen LogP contribution in [0.3, 0.4) is 0 Å². The monoisotopic (exact) mass is 790 g/mol. The van der Waals surface area contributed by atoms with E-state index in [0.717, 1.165) is 61.0 Å². The summed E-state index contributed by atoms with van der Waals surface area (Å²) in [6, 6.07) is 82.7. The Bertz CT molecular complexity index is 3620. The average Bonchev–Trinajstić information content (AvgIpc) is 3.80. The Morgan fingerprint density at radius 3 is 1.63 bits per heavy atom. The molecule has 1 heterocycles. The summed E-state index contributed by atoms with van der Waals surface area (Å²) in [5.74, 6) is 0.625. The van der Waals surface area contributed by atoms with E-state index in [-0.39, 0.29) is 0 Å². The predicted octanol–water partition coefficient (Wildman–Crippen LogP) is 16.6. The molecule has 0 aliphatic carbocycles. The lowest BCUT2D eigenvalue weighted by Gasteiger charge is -2.26. The molecule has 12 rings (SSSR count). The van der Waals surface area contributed by atoms with E-state index in [1.54, 1.807) is 0 Å². The highest BCUT2D eigenvalue weighted by molar-refractivity contribution is 6.08. The second-order valence-corrected chi connectivity index (χ2v) is 16.0. The molecule has 0 saturated heterocycles. The molecule has 0 atom stereocenters. The SMILES string of the molecule is c1ccc(-c2ccc(N(c3ccc(-c4cccc5ccccc45)cc3)c3ccc4cccc(-c5ccc6ccc7nc(-c8ccc9ccccc9c8)oc7c6c5)c4c3)cc2)cc1. The highest BCUT2D eigenvalue weighted by atomic mass is 16.3. The van der Waals surface area contributed by atoms with Crippen LogP contribution in [0.25, 0.3) is 99.0 Å². The van der Waals surface area contributed by atoms with Gasteiger partial charge in [-0.25, -0.2) is 4.98 Å². The van der Waals surface area contributed by atoms with Crippen molar-refractivity contribution in [2.24, 2.45) is 0 Å². The van der Waals surface area contributed by atoms with Gasteiger partial charge in [-0.1, -0.05) is 170 Å². The van der Waals surface area contributed by atoms with E-state index in [0.29, 0.717) is 5.89 Å². The molecule has 0 bridgehead atoms. The molecule has 0 unspecified atom stereocenters. The molecule has 0 N–H and O–H groups in total. The smallest absolute Gasteiger partial charge is 0.227 e. The fourth-order valence-corrected chi connectivity index (χ4v) is 9.12. The van der Waals surface area contributed by atoms with Crippen molar-refractivity contribution in [2.75, 3.05) is 4.90 Å². The highest BCUT2D eigenvalue weighted by Crippen LogP contribution is 2.41. The van der Waals surface area contributed by atoms with Crippen LogP contribution >= 0.6 is 0 Å². The van der Waals surface area contributed by atoms with Crippen LogP contribution in [-0.4, -0.2) is 4.98 Å². The first-order chi connectivity index (χ1) is 30.7. The van der Waals surface area contributed by atoms with Crippen LogP contribution in [0.5, 0.6) is 0 Å². The Kier molecular flexibility index (Phi) is 8.50. The van der Waals surface area contributed by atoms with Gasteiger partial charge in [-0.3, -0.25) is 0 Å². The van der Waals surface area contributed by atoms with Gasteiger partial charge in [0.05, 0.1) is 0 Å². The Morgan fingerprint density at radius 1 is 0.306 bits per heavy atom. The van der Waals surface area contributed by atoms with Gasteiger partial charge in [0, 0.05) is 28.0 Å². The van der Waals surface area contributed by atoms with Gasteiger partial charge in [0.15, 0.2) is 5.58 Å². The van der Waals surface area contributed by atoms with Crippen molar-refractivity contribution >= 4 is 71.3 Å². The molecular formula is C59H38N2O. The van der Waals surface area contributed by atoms with Crippen LogP contribution in [-0.2, 0) is 0 Å². The summed E-state index contributed by atoms with van der Waals surface area (Å²) < 4.78 is 6.62. The van der Waals surface area contributed by atoms with Gasteiger partial charge in [0.2, 0.25) is 5.89 Å². The number of hydrogen-bond donors (Lipinski definition) is 0. The normalized spacial score (nSPS) is 11.5. The maximum atomic E-state index is 6.62. The van der Waals surface area contributed by atoms with Gasteiger partial charge < -0.3 is 9.32 Å². The maximum absolute atomic E-state index is 6.62. The van der Waals surface area contributed by atoms with Crippen molar-refractivity contribution in [2.45, 2.75) is 0 Å². The van der Waals surface area contributed by atoms with E-state index < -0.39 is 0 Å². The number of fused-ring (bicyclic) bond motifs is 6. The number of hydrogen-bond acceptors (Lipinski definition) is 3. The van der Waals surface area contributed by atoms with Crippen LogP contribution in [0.15, 0.2) is 235 Å². The molecule has 0 aliphatic heterocycles. The van der Waals surface area contributed by atoms with E-state index >= 15 is 0 Å². The molecule has 62 heavy (non-hydrogen) atoms. The van der Waals surface area contributed by atoms with Crippen molar-refractivity contribution in [3.05, 3.63) is 231 Å². The molecule has 1 aromatic heterocycles. The lowest BCUT2D eigenvalue weighted by atomic mass is 9.95. The third kappa shape index (κ3) is 6.27. The number of anilines is 3. The van der Waals surface area contributed by atoms with Gasteiger partial charge in [0.25, 0.3) is 0 Å². The molecule has 0 amide bonds. The first-order valence-corrected chi connectivity index (χ1v) is 21.1. The summed E-state index contributed by atoms with van der Waals surface area (Å²) >= 11 is 0. The van der Waals surface area contributed by atoms with E-state index in [2.05, 4.69) is 235 Å². The predicted molar refractivity (Wildman–Crippen MR) is 260 cm³/mol. The van der Waals surface area contributed by atoms with E-state index in [9.17, 15) is 0 Å². The van der Waals surface area contributed by atoms with Crippen LogP contribution in [0.1, 0.15) is 0 Å². The number of aromatic nitrogens is 1. The summed E-state index contributed by atoms with van der Waals surface area (Å²) in [6.07, 6.45) is 0. The molecule has 0 aliphatic rings. The summed E-state index contributed by atoms with van der Waals surface area (Å²) in [5, 5.41) is 9.34. The molecular weight excluding hydrogens is 753 g/mol. The molecule has 290 valence electrons. The Balaban J connectivity index is 0.971. The molecule has 0 fully saturated rings. The lowest BCUT2D eigenvalue weighted by molar-refractivity contribution is 0.623. The van der Waals surface area contributed by atoms with Crippen LogP contribution in [0.4, 0.5) is 17.1 Å². The average molecular weight is 791 g/mol. The Labute approximate surface area is 359 Å². The standard InChI is InChI=1S/C59H38N2O/c1-2-10-39(11-3-1)41-24-30-49(31-25-41)61(50-32-26-44(27-33-50)53-18-8-15-42-13-6-7-17-52(42)53)51-34-28-43-16-9-19-54(55(43)38-51)47-22-21-45-29-35-57-58(56(45)37-47)62-59(60-57)48-23-20-40-12-4-5-14-46(40)36-48/h1-38H. The molecule has 0 radical (unpaired) electrons. The number of rotatable bonds is 7. The van der Waals surface area contributed by atoms with Crippen LogP contribution < -0.4 is 4.90 Å². The molecule has 11 aromatic carbocycles. The van der Waals surface area contributed by atoms with Crippen molar-refractivity contribution < 1.29 is 4.42 Å². The van der Waals surface area contributed by atoms with Gasteiger partial charge in [0.1, 0.15) is 5.52 Å². The third-order valence-corrected chi connectivity index (χ3v) is 12.3. The first kappa shape index (κ1) is 35.7. The number of nitrogens with zero attached hydrogens (tertiary/aromatic N) is 2. The van der Waals surface area contributed by atoms with E-state index in [1.165, 1.54) is 49.2 Å². The zero-order valence-corrected chi connectivity index (χ0v) is 33.7. The number of benzene rings is 11.